The minimum atomic E-state index is -0.737. The van der Waals surface area contributed by atoms with E-state index in [1.807, 2.05) is 29.2 Å². The number of hydrogen-bond acceptors (Lipinski definition) is 5. The van der Waals surface area contributed by atoms with E-state index in [0.29, 0.717) is 12.4 Å². The minimum absolute atomic E-state index is 0.336. The molecule has 2 heterocycles. The first-order chi connectivity index (χ1) is 10.2. The maximum absolute atomic E-state index is 11.2. The zero-order valence-corrected chi connectivity index (χ0v) is 11.9. The number of para-hydroxylation sites is 2. The van der Waals surface area contributed by atoms with Gasteiger partial charge in [-0.15, -0.1) is 0 Å². The summed E-state index contributed by atoms with van der Waals surface area (Å²) in [5.74, 6) is 0.359. The molecule has 0 saturated carbocycles. The quantitative estimate of drug-likeness (QED) is 0.898. The Morgan fingerprint density at radius 1 is 1.33 bits per heavy atom. The lowest BCUT2D eigenvalue weighted by Crippen LogP contribution is -2.39. The SMILES string of the molecule is CNc1nc2ccccc2nc1N1CCCC(C(=O)O)C1. The Labute approximate surface area is 122 Å². The number of aliphatic carboxylic acids is 1. The number of benzene rings is 1. The molecule has 3 rings (SSSR count). The molecule has 1 unspecified atom stereocenters. The average molecular weight is 286 g/mol. The van der Waals surface area contributed by atoms with E-state index in [0.717, 1.165) is 36.2 Å². The molecule has 6 heteroatoms. The van der Waals surface area contributed by atoms with Crippen LogP contribution in [0.15, 0.2) is 24.3 Å². The molecule has 21 heavy (non-hydrogen) atoms. The van der Waals surface area contributed by atoms with Crippen LogP contribution in [0.1, 0.15) is 12.8 Å². The van der Waals surface area contributed by atoms with Crippen molar-refractivity contribution in [3.63, 3.8) is 0 Å². The molecule has 0 spiro atoms. The zero-order chi connectivity index (χ0) is 14.8. The molecule has 110 valence electrons. The summed E-state index contributed by atoms with van der Waals surface area (Å²) in [6.45, 7) is 1.29. The third-order valence-electron chi connectivity index (χ3n) is 3.86. The van der Waals surface area contributed by atoms with Gasteiger partial charge >= 0.3 is 5.97 Å². The molecule has 1 aliphatic rings. The molecular formula is C15H18N4O2. The highest BCUT2D eigenvalue weighted by Gasteiger charge is 2.27. The summed E-state index contributed by atoms with van der Waals surface area (Å²) >= 11 is 0. The highest BCUT2D eigenvalue weighted by Crippen LogP contribution is 2.28. The van der Waals surface area contributed by atoms with Gasteiger partial charge in [-0.05, 0) is 25.0 Å². The summed E-state index contributed by atoms with van der Waals surface area (Å²) in [5.41, 5.74) is 1.65. The first-order valence-corrected chi connectivity index (χ1v) is 7.11. The monoisotopic (exact) mass is 286 g/mol. The second-order valence-corrected chi connectivity index (χ2v) is 5.26. The Kier molecular flexibility index (Phi) is 3.60. The van der Waals surface area contributed by atoms with Gasteiger partial charge < -0.3 is 15.3 Å². The number of carboxylic acid groups (broad SMARTS) is 1. The van der Waals surface area contributed by atoms with Gasteiger partial charge in [-0.2, -0.15) is 0 Å². The highest BCUT2D eigenvalue weighted by atomic mass is 16.4. The maximum atomic E-state index is 11.2. The van der Waals surface area contributed by atoms with Crippen LogP contribution in [0.2, 0.25) is 0 Å². The predicted octanol–water partition coefficient (Wildman–Crippen LogP) is 1.97. The average Bonchev–Trinajstić information content (AvgIpc) is 2.53. The Morgan fingerprint density at radius 2 is 2.05 bits per heavy atom. The van der Waals surface area contributed by atoms with Crippen LogP contribution in [0.5, 0.6) is 0 Å². The molecule has 1 aromatic carbocycles. The van der Waals surface area contributed by atoms with Crippen molar-refractivity contribution in [3.8, 4) is 0 Å². The molecule has 0 bridgehead atoms. The molecule has 0 radical (unpaired) electrons. The van der Waals surface area contributed by atoms with E-state index in [1.165, 1.54) is 0 Å². The summed E-state index contributed by atoms with van der Waals surface area (Å²) in [6, 6.07) is 7.70. The molecule has 6 nitrogen and oxygen atoms in total. The van der Waals surface area contributed by atoms with Crippen LogP contribution in [-0.2, 0) is 4.79 Å². The predicted molar refractivity (Wildman–Crippen MR) is 81.7 cm³/mol. The molecule has 2 aromatic rings. The fourth-order valence-electron chi connectivity index (χ4n) is 2.75. The molecule has 1 fully saturated rings. The smallest absolute Gasteiger partial charge is 0.308 e. The first kappa shape index (κ1) is 13.6. The second kappa shape index (κ2) is 5.55. The summed E-state index contributed by atoms with van der Waals surface area (Å²) in [5, 5.41) is 12.3. The van der Waals surface area contributed by atoms with Gasteiger partial charge in [-0.3, -0.25) is 4.79 Å². The van der Waals surface area contributed by atoms with Crippen LogP contribution in [0.25, 0.3) is 11.0 Å². The molecule has 0 amide bonds. The number of fused-ring (bicyclic) bond motifs is 1. The summed E-state index contributed by atoms with van der Waals surface area (Å²) < 4.78 is 0. The van der Waals surface area contributed by atoms with Gasteiger partial charge in [-0.25, -0.2) is 9.97 Å². The summed E-state index contributed by atoms with van der Waals surface area (Å²) in [4.78, 5) is 22.5. The van der Waals surface area contributed by atoms with E-state index < -0.39 is 5.97 Å². The lowest BCUT2D eigenvalue weighted by atomic mass is 9.98. The third kappa shape index (κ3) is 2.61. The van der Waals surface area contributed by atoms with Crippen LogP contribution in [0.4, 0.5) is 11.6 Å². The van der Waals surface area contributed by atoms with E-state index >= 15 is 0 Å². The number of aromatic nitrogens is 2. The lowest BCUT2D eigenvalue weighted by molar-refractivity contribution is -0.141. The number of hydrogen-bond donors (Lipinski definition) is 2. The van der Waals surface area contributed by atoms with Crippen molar-refractivity contribution in [1.29, 1.82) is 0 Å². The van der Waals surface area contributed by atoms with E-state index in [2.05, 4.69) is 15.3 Å². The van der Waals surface area contributed by atoms with Gasteiger partial charge in [-0.1, -0.05) is 12.1 Å². The number of carboxylic acids is 1. The van der Waals surface area contributed by atoms with Crippen LogP contribution in [-0.4, -0.2) is 41.2 Å². The number of nitrogens with zero attached hydrogens (tertiary/aromatic N) is 3. The van der Waals surface area contributed by atoms with Gasteiger partial charge in [0, 0.05) is 20.1 Å². The van der Waals surface area contributed by atoms with Gasteiger partial charge in [0.2, 0.25) is 0 Å². The molecule has 2 N–H and O–H groups in total. The van der Waals surface area contributed by atoms with Crippen molar-refractivity contribution < 1.29 is 9.90 Å². The Bertz CT molecular complexity index is 674. The molecule has 1 aromatic heterocycles. The van der Waals surface area contributed by atoms with Crippen LogP contribution in [0, 0.1) is 5.92 Å². The van der Waals surface area contributed by atoms with E-state index in [9.17, 15) is 9.90 Å². The largest absolute Gasteiger partial charge is 0.481 e. The number of carbonyl (C=O) groups is 1. The van der Waals surface area contributed by atoms with Gasteiger partial charge in [0.25, 0.3) is 0 Å². The van der Waals surface area contributed by atoms with Crippen LogP contribution in [0.3, 0.4) is 0 Å². The summed E-state index contributed by atoms with van der Waals surface area (Å²) in [6.07, 6.45) is 1.58. The summed E-state index contributed by atoms with van der Waals surface area (Å²) in [7, 11) is 1.81. The molecular weight excluding hydrogens is 268 g/mol. The highest BCUT2D eigenvalue weighted by molar-refractivity contribution is 5.81. The number of rotatable bonds is 3. The number of piperidine rings is 1. The molecule has 1 aliphatic heterocycles. The Hall–Kier alpha value is -2.37. The van der Waals surface area contributed by atoms with Gasteiger partial charge in [0.1, 0.15) is 0 Å². The van der Waals surface area contributed by atoms with Crippen molar-refractivity contribution in [2.45, 2.75) is 12.8 Å². The second-order valence-electron chi connectivity index (χ2n) is 5.26. The van der Waals surface area contributed by atoms with Crippen molar-refractivity contribution in [3.05, 3.63) is 24.3 Å². The van der Waals surface area contributed by atoms with Crippen LogP contribution < -0.4 is 10.2 Å². The van der Waals surface area contributed by atoms with Gasteiger partial charge in [0.05, 0.1) is 17.0 Å². The third-order valence-corrected chi connectivity index (χ3v) is 3.86. The van der Waals surface area contributed by atoms with Crippen molar-refractivity contribution >= 4 is 28.6 Å². The topological polar surface area (TPSA) is 78.4 Å². The zero-order valence-electron chi connectivity index (χ0n) is 11.9. The van der Waals surface area contributed by atoms with E-state index in [-0.39, 0.29) is 5.92 Å². The normalized spacial score (nSPS) is 18.7. The van der Waals surface area contributed by atoms with Crippen molar-refractivity contribution in [1.82, 2.24) is 9.97 Å². The number of nitrogens with one attached hydrogen (secondary N) is 1. The first-order valence-electron chi connectivity index (χ1n) is 7.11. The molecule has 1 saturated heterocycles. The van der Waals surface area contributed by atoms with Crippen molar-refractivity contribution in [2.75, 3.05) is 30.4 Å². The standard InChI is InChI=1S/C15H18N4O2/c1-16-13-14(18-12-7-3-2-6-11(12)17-13)19-8-4-5-10(9-19)15(20)21/h2-3,6-7,10H,4-5,8-9H2,1H3,(H,16,17)(H,20,21). The lowest BCUT2D eigenvalue weighted by Gasteiger charge is -2.32. The number of anilines is 2. The molecule has 0 aliphatic carbocycles. The fourth-order valence-corrected chi connectivity index (χ4v) is 2.75. The van der Waals surface area contributed by atoms with Gasteiger partial charge in [0.15, 0.2) is 11.6 Å². The van der Waals surface area contributed by atoms with E-state index in [4.69, 9.17) is 0 Å². The van der Waals surface area contributed by atoms with Crippen molar-refractivity contribution in [2.24, 2.45) is 5.92 Å². The van der Waals surface area contributed by atoms with E-state index in [1.54, 1.807) is 7.05 Å². The maximum Gasteiger partial charge on any atom is 0.308 e. The fraction of sp³-hybridized carbons (Fsp3) is 0.400. The molecule has 1 atom stereocenters. The minimum Gasteiger partial charge on any atom is -0.481 e. The van der Waals surface area contributed by atoms with Crippen LogP contribution >= 0.6 is 0 Å². The Balaban J connectivity index is 2.00. The Morgan fingerprint density at radius 3 is 2.71 bits per heavy atom.